The van der Waals surface area contributed by atoms with Crippen LogP contribution < -0.4 is 10.2 Å². The van der Waals surface area contributed by atoms with E-state index in [9.17, 15) is 23.1 Å². The van der Waals surface area contributed by atoms with E-state index in [1.54, 1.807) is 12.1 Å². The zero-order valence-electron chi connectivity index (χ0n) is 19.0. The van der Waals surface area contributed by atoms with Crippen LogP contribution in [0.3, 0.4) is 0 Å². The van der Waals surface area contributed by atoms with E-state index in [1.165, 1.54) is 23.4 Å². The smallest absolute Gasteiger partial charge is 0.303 e. The number of para-hydroxylation sites is 1. The van der Waals surface area contributed by atoms with Crippen LogP contribution in [0.2, 0.25) is 0 Å². The van der Waals surface area contributed by atoms with Crippen LogP contribution in [0.15, 0.2) is 59.5 Å². The fourth-order valence-electron chi connectivity index (χ4n) is 4.32. The van der Waals surface area contributed by atoms with Crippen molar-refractivity contribution in [1.82, 2.24) is 4.31 Å². The number of piperidine rings is 1. The first-order valence-electron chi connectivity index (χ1n) is 11.0. The van der Waals surface area contributed by atoms with Crippen molar-refractivity contribution in [3.63, 3.8) is 0 Å². The second-order valence-corrected chi connectivity index (χ2v) is 10.5. The van der Waals surface area contributed by atoms with Crippen molar-refractivity contribution in [2.75, 3.05) is 36.9 Å². The SMILES string of the molecule is CC(=O)Nc1ccc(S(=O)(=O)N2CCC(CC(=O)O)C(CCN(C)c3ccccc3)C2)cc1. The molecule has 9 heteroatoms. The molecule has 33 heavy (non-hydrogen) atoms. The van der Waals surface area contributed by atoms with Crippen LogP contribution in [-0.2, 0) is 19.6 Å². The Morgan fingerprint density at radius 2 is 1.76 bits per heavy atom. The molecule has 1 heterocycles. The minimum Gasteiger partial charge on any atom is -0.481 e. The summed E-state index contributed by atoms with van der Waals surface area (Å²) < 4.78 is 28.0. The van der Waals surface area contributed by atoms with Crippen LogP contribution in [0, 0.1) is 11.8 Å². The van der Waals surface area contributed by atoms with E-state index in [0.29, 0.717) is 31.6 Å². The average molecular weight is 474 g/mol. The summed E-state index contributed by atoms with van der Waals surface area (Å²) in [5.41, 5.74) is 1.59. The lowest BCUT2D eigenvalue weighted by Crippen LogP contribution is -2.45. The van der Waals surface area contributed by atoms with Crippen LogP contribution in [0.5, 0.6) is 0 Å². The maximum absolute atomic E-state index is 13.3. The maximum Gasteiger partial charge on any atom is 0.303 e. The minimum absolute atomic E-state index is 0.0407. The molecule has 2 N–H and O–H groups in total. The molecule has 1 fully saturated rings. The van der Waals surface area contributed by atoms with Crippen LogP contribution in [0.4, 0.5) is 11.4 Å². The van der Waals surface area contributed by atoms with Gasteiger partial charge in [0.05, 0.1) is 4.90 Å². The molecule has 0 aliphatic carbocycles. The monoisotopic (exact) mass is 473 g/mol. The van der Waals surface area contributed by atoms with Gasteiger partial charge < -0.3 is 15.3 Å². The number of sulfonamides is 1. The van der Waals surface area contributed by atoms with E-state index in [4.69, 9.17) is 0 Å². The molecule has 2 aromatic carbocycles. The summed E-state index contributed by atoms with van der Waals surface area (Å²) in [6, 6.07) is 16.0. The highest BCUT2D eigenvalue weighted by molar-refractivity contribution is 7.89. The van der Waals surface area contributed by atoms with Gasteiger partial charge in [-0.1, -0.05) is 18.2 Å². The molecule has 3 rings (SSSR count). The van der Waals surface area contributed by atoms with Crippen molar-refractivity contribution in [3.05, 3.63) is 54.6 Å². The lowest BCUT2D eigenvalue weighted by atomic mass is 9.82. The summed E-state index contributed by atoms with van der Waals surface area (Å²) in [7, 11) is -1.74. The Morgan fingerprint density at radius 3 is 2.36 bits per heavy atom. The maximum atomic E-state index is 13.3. The molecule has 2 unspecified atom stereocenters. The fraction of sp³-hybridized carbons (Fsp3) is 0.417. The number of carboxylic acids is 1. The summed E-state index contributed by atoms with van der Waals surface area (Å²) in [6.07, 6.45) is 1.24. The number of carbonyl (C=O) groups is 2. The molecular formula is C24H31N3O5S. The van der Waals surface area contributed by atoms with E-state index in [0.717, 1.165) is 5.69 Å². The number of nitrogens with zero attached hydrogens (tertiary/aromatic N) is 2. The van der Waals surface area contributed by atoms with E-state index in [2.05, 4.69) is 10.2 Å². The number of aliphatic carboxylic acids is 1. The van der Waals surface area contributed by atoms with Crippen LogP contribution >= 0.6 is 0 Å². The van der Waals surface area contributed by atoms with Crippen molar-refractivity contribution in [1.29, 1.82) is 0 Å². The van der Waals surface area contributed by atoms with Crippen LogP contribution in [-0.4, -0.2) is 56.4 Å². The highest BCUT2D eigenvalue weighted by Gasteiger charge is 2.36. The molecule has 0 aromatic heterocycles. The third-order valence-electron chi connectivity index (χ3n) is 6.14. The molecule has 1 amide bonds. The number of nitrogens with one attached hydrogen (secondary N) is 1. The lowest BCUT2D eigenvalue weighted by Gasteiger charge is -2.38. The predicted octanol–water partition coefficient (Wildman–Crippen LogP) is 3.27. The fourth-order valence-corrected chi connectivity index (χ4v) is 5.83. The summed E-state index contributed by atoms with van der Waals surface area (Å²) in [6.45, 7) is 2.67. The molecule has 1 saturated heterocycles. The van der Waals surface area contributed by atoms with Crippen molar-refractivity contribution in [2.24, 2.45) is 11.8 Å². The number of rotatable bonds is 9. The number of anilines is 2. The highest BCUT2D eigenvalue weighted by Crippen LogP contribution is 2.33. The molecule has 2 aromatic rings. The van der Waals surface area contributed by atoms with Gasteiger partial charge in [-0.25, -0.2) is 8.42 Å². The summed E-state index contributed by atoms with van der Waals surface area (Å²) in [5.74, 6) is -1.21. The van der Waals surface area contributed by atoms with Crippen molar-refractivity contribution in [2.45, 2.75) is 31.1 Å². The van der Waals surface area contributed by atoms with E-state index in [1.807, 2.05) is 37.4 Å². The quantitative estimate of drug-likeness (QED) is 0.579. The van der Waals surface area contributed by atoms with Crippen molar-refractivity contribution < 1.29 is 23.1 Å². The Morgan fingerprint density at radius 1 is 1.09 bits per heavy atom. The summed E-state index contributed by atoms with van der Waals surface area (Å²) >= 11 is 0. The van der Waals surface area contributed by atoms with E-state index in [-0.39, 0.29) is 35.6 Å². The molecule has 0 saturated carbocycles. The first-order chi connectivity index (χ1) is 15.7. The molecule has 0 bridgehead atoms. The number of benzene rings is 2. The second kappa shape index (κ2) is 10.8. The van der Waals surface area contributed by atoms with Crippen molar-refractivity contribution >= 4 is 33.3 Å². The Bertz CT molecular complexity index is 1060. The molecule has 2 atom stereocenters. The Hall–Kier alpha value is -2.91. The van der Waals surface area contributed by atoms with Gasteiger partial charge in [0.1, 0.15) is 0 Å². The van der Waals surface area contributed by atoms with Gasteiger partial charge in [-0.2, -0.15) is 4.31 Å². The topological polar surface area (TPSA) is 107 Å². The van der Waals surface area contributed by atoms with Crippen molar-refractivity contribution in [3.8, 4) is 0 Å². The molecule has 0 spiro atoms. The third kappa shape index (κ3) is 6.55. The molecule has 8 nitrogen and oxygen atoms in total. The van der Waals surface area contributed by atoms with Gasteiger partial charge in [0.25, 0.3) is 0 Å². The normalized spacial score (nSPS) is 19.1. The predicted molar refractivity (Wildman–Crippen MR) is 128 cm³/mol. The summed E-state index contributed by atoms with van der Waals surface area (Å²) in [4.78, 5) is 24.9. The van der Waals surface area contributed by atoms with Gasteiger partial charge in [-0.15, -0.1) is 0 Å². The van der Waals surface area contributed by atoms with Gasteiger partial charge in [0, 0.05) is 51.4 Å². The number of hydrogen-bond acceptors (Lipinski definition) is 5. The second-order valence-electron chi connectivity index (χ2n) is 8.52. The number of carbonyl (C=O) groups excluding carboxylic acids is 1. The Labute approximate surface area is 195 Å². The van der Waals surface area contributed by atoms with Gasteiger partial charge in [-0.3, -0.25) is 9.59 Å². The standard InChI is InChI=1S/C24H31N3O5S/c1-18(28)25-21-8-10-23(11-9-21)33(31,32)27-15-13-19(16-24(29)30)20(17-27)12-14-26(2)22-6-4-3-5-7-22/h3-11,19-20H,12-17H2,1-2H3,(H,25,28)(H,29,30). The lowest BCUT2D eigenvalue weighted by molar-refractivity contribution is -0.139. The van der Waals surface area contributed by atoms with Gasteiger partial charge >= 0.3 is 5.97 Å². The zero-order valence-corrected chi connectivity index (χ0v) is 19.8. The van der Waals surface area contributed by atoms with E-state index < -0.39 is 16.0 Å². The molecule has 1 aliphatic heterocycles. The summed E-state index contributed by atoms with van der Waals surface area (Å²) in [5, 5.41) is 12.0. The van der Waals surface area contributed by atoms with Crippen LogP contribution in [0.1, 0.15) is 26.2 Å². The first-order valence-corrected chi connectivity index (χ1v) is 12.5. The molecule has 0 radical (unpaired) electrons. The largest absolute Gasteiger partial charge is 0.481 e. The molecular weight excluding hydrogens is 442 g/mol. The van der Waals surface area contributed by atoms with E-state index >= 15 is 0 Å². The number of amides is 1. The molecule has 178 valence electrons. The Balaban J connectivity index is 1.73. The first kappa shape index (κ1) is 24.7. The van der Waals surface area contributed by atoms with Gasteiger partial charge in [0.15, 0.2) is 0 Å². The molecule has 1 aliphatic rings. The minimum atomic E-state index is -3.72. The number of carboxylic acid groups (broad SMARTS) is 1. The van der Waals surface area contributed by atoms with Crippen LogP contribution in [0.25, 0.3) is 0 Å². The third-order valence-corrected chi connectivity index (χ3v) is 8.02. The van der Waals surface area contributed by atoms with Gasteiger partial charge in [-0.05, 0) is 61.1 Å². The highest BCUT2D eigenvalue weighted by atomic mass is 32.2. The zero-order chi connectivity index (χ0) is 24.0. The number of hydrogen-bond donors (Lipinski definition) is 2. The Kier molecular flexibility index (Phi) is 8.10. The average Bonchev–Trinajstić information content (AvgIpc) is 2.78. The van der Waals surface area contributed by atoms with Gasteiger partial charge in [0.2, 0.25) is 15.9 Å².